The number of benzene rings is 1. The molecule has 2 aromatic heterocycles. The Morgan fingerprint density at radius 3 is 2.54 bits per heavy atom. The summed E-state index contributed by atoms with van der Waals surface area (Å²) in [5.74, 6) is 1.93. The molecular formula is C24H32N6O6S. The summed E-state index contributed by atoms with van der Waals surface area (Å²) >= 11 is 0. The van der Waals surface area contributed by atoms with E-state index in [1.54, 1.807) is 56.3 Å². The highest BCUT2D eigenvalue weighted by atomic mass is 32.2. The highest BCUT2D eigenvalue weighted by molar-refractivity contribution is 7.93. The first kappa shape index (κ1) is 26.8. The number of ether oxygens (including phenoxy) is 4. The summed E-state index contributed by atoms with van der Waals surface area (Å²) in [5, 5.41) is 7.45. The quantitative estimate of drug-likeness (QED) is 0.414. The van der Waals surface area contributed by atoms with Gasteiger partial charge in [0.15, 0.2) is 11.6 Å². The number of methoxy groups -OCH3 is 2. The summed E-state index contributed by atoms with van der Waals surface area (Å²) in [4.78, 5) is 8.63. The van der Waals surface area contributed by atoms with Crippen LogP contribution < -0.4 is 14.2 Å². The largest absolute Gasteiger partial charge is 0.497 e. The standard InChI is InChI=1S/C24H32N6O6S/c1-14(2)36-21(22-25-10-15(3)11-26-22)16(4)37(31,32)29-24-28-27-23-19-9-18(34-6)7-8-20(19)35-13-17(12-33-5)30(23)24/h7-11,14,16-17,21H,12-13H2,1-6H3,(H,28,29)/t16-,17+,21+/m0/s1. The zero-order chi connectivity index (χ0) is 26.7. The van der Waals surface area contributed by atoms with Gasteiger partial charge in [-0.05, 0) is 51.5 Å². The molecule has 0 aliphatic carbocycles. The van der Waals surface area contributed by atoms with E-state index in [0.717, 1.165) is 5.56 Å². The number of hydrogen-bond acceptors (Lipinski definition) is 10. The van der Waals surface area contributed by atoms with Crippen molar-refractivity contribution in [2.45, 2.75) is 51.2 Å². The second-order valence-corrected chi connectivity index (χ2v) is 11.1. The van der Waals surface area contributed by atoms with Crippen LogP contribution in [0.5, 0.6) is 11.5 Å². The van der Waals surface area contributed by atoms with Crippen LogP contribution >= 0.6 is 0 Å². The van der Waals surface area contributed by atoms with E-state index in [4.69, 9.17) is 18.9 Å². The van der Waals surface area contributed by atoms with Gasteiger partial charge < -0.3 is 18.9 Å². The van der Waals surface area contributed by atoms with Crippen molar-refractivity contribution in [3.05, 3.63) is 42.0 Å². The van der Waals surface area contributed by atoms with Gasteiger partial charge in [-0.1, -0.05) is 0 Å². The molecule has 1 aliphatic rings. The van der Waals surface area contributed by atoms with Gasteiger partial charge in [0.25, 0.3) is 0 Å². The van der Waals surface area contributed by atoms with Crippen LogP contribution in [0.1, 0.15) is 44.3 Å². The molecule has 13 heteroatoms. The molecule has 37 heavy (non-hydrogen) atoms. The molecule has 0 saturated heterocycles. The number of sulfonamides is 1. The predicted octanol–water partition coefficient (Wildman–Crippen LogP) is 2.93. The Balaban J connectivity index is 1.72. The van der Waals surface area contributed by atoms with Gasteiger partial charge in [-0.2, -0.15) is 0 Å². The van der Waals surface area contributed by atoms with E-state index in [9.17, 15) is 8.42 Å². The summed E-state index contributed by atoms with van der Waals surface area (Å²) in [6.45, 7) is 7.53. The van der Waals surface area contributed by atoms with E-state index in [-0.39, 0.29) is 31.1 Å². The molecular weight excluding hydrogens is 500 g/mol. The highest BCUT2D eigenvalue weighted by Gasteiger charge is 2.37. The van der Waals surface area contributed by atoms with Crippen LogP contribution in [0, 0.1) is 6.92 Å². The number of nitrogens with zero attached hydrogens (tertiary/aromatic N) is 5. The second kappa shape index (κ2) is 11.0. The molecule has 0 saturated carbocycles. The Bertz CT molecular complexity index is 1330. The van der Waals surface area contributed by atoms with Crippen LogP contribution in [0.3, 0.4) is 0 Å². The van der Waals surface area contributed by atoms with Crippen LogP contribution in [-0.2, 0) is 19.5 Å². The lowest BCUT2D eigenvalue weighted by molar-refractivity contribution is 0.00152. The molecule has 12 nitrogen and oxygen atoms in total. The van der Waals surface area contributed by atoms with Crippen LogP contribution in [0.15, 0.2) is 30.6 Å². The molecule has 4 rings (SSSR count). The average molecular weight is 533 g/mol. The van der Waals surface area contributed by atoms with Crippen molar-refractivity contribution in [2.75, 3.05) is 32.2 Å². The minimum absolute atomic E-state index is 0.0382. The summed E-state index contributed by atoms with van der Waals surface area (Å²) in [7, 11) is -0.921. The van der Waals surface area contributed by atoms with E-state index in [1.807, 2.05) is 20.8 Å². The molecule has 1 aliphatic heterocycles. The fourth-order valence-corrected chi connectivity index (χ4v) is 5.10. The SMILES string of the molecule is COC[C@@H]1COc2ccc(OC)cc2-c2nnc(NS(=O)(=O)[C@@H](C)[C@@H](OC(C)C)c3ncc(C)cn3)n21. The Hall–Kier alpha value is -3.29. The Morgan fingerprint density at radius 1 is 1.16 bits per heavy atom. The lowest BCUT2D eigenvalue weighted by Gasteiger charge is -2.26. The van der Waals surface area contributed by atoms with Crippen molar-refractivity contribution in [1.82, 2.24) is 24.7 Å². The molecule has 0 radical (unpaired) electrons. The molecule has 1 aromatic carbocycles. The van der Waals surface area contributed by atoms with E-state index in [0.29, 0.717) is 22.9 Å². The first-order valence-electron chi connectivity index (χ1n) is 11.8. The van der Waals surface area contributed by atoms with Crippen molar-refractivity contribution in [3.8, 4) is 22.9 Å². The second-order valence-electron chi connectivity index (χ2n) is 9.08. The number of hydrogen-bond donors (Lipinski definition) is 1. The van der Waals surface area contributed by atoms with Gasteiger partial charge in [-0.15, -0.1) is 10.2 Å². The Morgan fingerprint density at radius 2 is 1.89 bits per heavy atom. The molecule has 0 fully saturated rings. The van der Waals surface area contributed by atoms with Crippen LogP contribution in [-0.4, -0.2) is 71.9 Å². The van der Waals surface area contributed by atoms with Crippen molar-refractivity contribution in [2.24, 2.45) is 0 Å². The Labute approximate surface area is 216 Å². The van der Waals surface area contributed by atoms with Crippen molar-refractivity contribution < 1.29 is 27.4 Å². The van der Waals surface area contributed by atoms with Gasteiger partial charge in [0.1, 0.15) is 29.5 Å². The number of anilines is 1. The van der Waals surface area contributed by atoms with Gasteiger partial charge in [0.2, 0.25) is 16.0 Å². The number of rotatable bonds is 10. The van der Waals surface area contributed by atoms with Crippen LogP contribution in [0.4, 0.5) is 5.95 Å². The molecule has 0 bridgehead atoms. The summed E-state index contributed by atoms with van der Waals surface area (Å²) in [6, 6.07) is 4.94. The lowest BCUT2D eigenvalue weighted by atomic mass is 10.1. The maximum absolute atomic E-state index is 13.6. The molecule has 3 aromatic rings. The van der Waals surface area contributed by atoms with Crippen LogP contribution in [0.2, 0.25) is 0 Å². The molecule has 0 amide bonds. The minimum atomic E-state index is -4.04. The third-order valence-corrected chi connectivity index (χ3v) is 7.60. The molecule has 200 valence electrons. The average Bonchev–Trinajstić information content (AvgIpc) is 3.20. The van der Waals surface area contributed by atoms with Crippen molar-refractivity contribution in [3.63, 3.8) is 0 Å². The van der Waals surface area contributed by atoms with Gasteiger partial charge in [0, 0.05) is 19.5 Å². The monoisotopic (exact) mass is 532 g/mol. The lowest BCUT2D eigenvalue weighted by Crippen LogP contribution is -2.35. The fraction of sp³-hybridized carbons (Fsp3) is 0.500. The fourth-order valence-electron chi connectivity index (χ4n) is 4.01. The van der Waals surface area contributed by atoms with Gasteiger partial charge in [0.05, 0.1) is 31.4 Å². The topological polar surface area (TPSA) is 140 Å². The zero-order valence-electron chi connectivity index (χ0n) is 21.7. The minimum Gasteiger partial charge on any atom is -0.497 e. The van der Waals surface area contributed by atoms with E-state index in [1.165, 1.54) is 0 Å². The Kier molecular flexibility index (Phi) is 7.95. The van der Waals surface area contributed by atoms with Crippen LogP contribution in [0.25, 0.3) is 11.4 Å². The van der Waals surface area contributed by atoms with E-state index >= 15 is 0 Å². The maximum atomic E-state index is 13.6. The normalized spacial score (nSPS) is 16.8. The molecule has 0 spiro atoms. The predicted molar refractivity (Wildman–Crippen MR) is 136 cm³/mol. The number of fused-ring (bicyclic) bond motifs is 3. The molecule has 3 heterocycles. The van der Waals surface area contributed by atoms with Gasteiger partial charge in [-0.3, -0.25) is 9.29 Å². The first-order chi connectivity index (χ1) is 17.6. The van der Waals surface area contributed by atoms with Gasteiger partial charge >= 0.3 is 0 Å². The third kappa shape index (κ3) is 5.68. The van der Waals surface area contributed by atoms with Gasteiger partial charge in [-0.25, -0.2) is 18.4 Å². The third-order valence-electron chi connectivity index (χ3n) is 5.90. The number of aromatic nitrogens is 5. The number of nitrogens with one attached hydrogen (secondary N) is 1. The molecule has 1 N–H and O–H groups in total. The molecule has 0 unspecified atom stereocenters. The summed E-state index contributed by atoms with van der Waals surface area (Å²) in [6.07, 6.45) is 2.09. The summed E-state index contributed by atoms with van der Waals surface area (Å²) in [5.41, 5.74) is 1.48. The smallest absolute Gasteiger partial charge is 0.240 e. The van der Waals surface area contributed by atoms with Crippen molar-refractivity contribution >= 4 is 16.0 Å². The maximum Gasteiger partial charge on any atom is 0.240 e. The molecule has 3 atom stereocenters. The van der Waals surface area contributed by atoms with Crippen molar-refractivity contribution in [1.29, 1.82) is 0 Å². The summed E-state index contributed by atoms with van der Waals surface area (Å²) < 4.78 is 54.3. The zero-order valence-corrected chi connectivity index (χ0v) is 22.5. The highest BCUT2D eigenvalue weighted by Crippen LogP contribution is 2.38. The van der Waals surface area contributed by atoms with E-state index < -0.39 is 27.4 Å². The first-order valence-corrected chi connectivity index (χ1v) is 13.4. The number of aryl methyl sites for hydroxylation is 1. The van der Waals surface area contributed by atoms with E-state index in [2.05, 4.69) is 24.9 Å².